The van der Waals surface area contributed by atoms with Crippen molar-refractivity contribution < 1.29 is 14.3 Å². The number of benzene rings is 3. The maximum absolute atomic E-state index is 13.5. The van der Waals surface area contributed by atoms with Crippen LogP contribution in [0.4, 0.5) is 11.4 Å². The molecule has 1 fully saturated rings. The van der Waals surface area contributed by atoms with E-state index >= 15 is 0 Å². The highest BCUT2D eigenvalue weighted by atomic mass is 16.5. The maximum atomic E-state index is 13.5. The fraction of sp³-hybridized carbons (Fsp3) is 0.310. The molecule has 5 nitrogen and oxygen atoms in total. The largest absolute Gasteiger partial charge is 0.381 e. The van der Waals surface area contributed by atoms with Crippen LogP contribution < -0.4 is 10.6 Å². The van der Waals surface area contributed by atoms with Crippen LogP contribution in [0.15, 0.2) is 78.9 Å². The number of carbonyl (C=O) groups excluding carboxylic acids is 2. The van der Waals surface area contributed by atoms with Crippen molar-refractivity contribution >= 4 is 23.2 Å². The second-order valence-electron chi connectivity index (χ2n) is 9.88. The Labute approximate surface area is 201 Å². The fourth-order valence-corrected chi connectivity index (χ4v) is 4.37. The average Bonchev–Trinajstić information content (AvgIpc) is 2.85. The van der Waals surface area contributed by atoms with E-state index in [1.165, 1.54) is 5.56 Å². The number of amides is 2. The van der Waals surface area contributed by atoms with Crippen molar-refractivity contribution in [3.8, 4) is 0 Å². The Hall–Kier alpha value is -3.44. The van der Waals surface area contributed by atoms with E-state index in [-0.39, 0.29) is 17.2 Å². The molecule has 3 aromatic carbocycles. The molecule has 0 spiro atoms. The van der Waals surface area contributed by atoms with Gasteiger partial charge in [0.15, 0.2) is 0 Å². The van der Waals surface area contributed by atoms with E-state index in [1.54, 1.807) is 6.07 Å². The van der Waals surface area contributed by atoms with Gasteiger partial charge in [0, 0.05) is 30.2 Å². The third-order valence-corrected chi connectivity index (χ3v) is 6.50. The quantitative estimate of drug-likeness (QED) is 0.501. The summed E-state index contributed by atoms with van der Waals surface area (Å²) in [7, 11) is 0. The minimum atomic E-state index is -0.631. The number of hydrogen-bond donors (Lipinski definition) is 2. The van der Waals surface area contributed by atoms with Crippen LogP contribution in [-0.4, -0.2) is 25.0 Å². The van der Waals surface area contributed by atoms with Crippen molar-refractivity contribution in [1.82, 2.24) is 0 Å². The fourth-order valence-electron chi connectivity index (χ4n) is 4.37. The summed E-state index contributed by atoms with van der Waals surface area (Å²) >= 11 is 0. The summed E-state index contributed by atoms with van der Waals surface area (Å²) in [5, 5.41) is 6.02. The Balaban J connectivity index is 1.49. The summed E-state index contributed by atoms with van der Waals surface area (Å²) in [5.74, 6) is -0.239. The molecule has 0 unspecified atom stereocenters. The highest BCUT2D eigenvalue weighted by Crippen LogP contribution is 2.36. The van der Waals surface area contributed by atoms with Crippen LogP contribution in [0.2, 0.25) is 0 Å². The second-order valence-corrected chi connectivity index (χ2v) is 9.88. The van der Waals surface area contributed by atoms with Gasteiger partial charge in [-0.1, -0.05) is 69.3 Å². The Morgan fingerprint density at radius 3 is 2.03 bits per heavy atom. The molecule has 34 heavy (non-hydrogen) atoms. The lowest BCUT2D eigenvalue weighted by molar-refractivity contribution is -0.125. The van der Waals surface area contributed by atoms with Crippen LogP contribution in [0.25, 0.3) is 0 Å². The highest BCUT2D eigenvalue weighted by Gasteiger charge is 2.41. The number of carbonyl (C=O) groups is 2. The summed E-state index contributed by atoms with van der Waals surface area (Å²) < 4.78 is 5.55. The van der Waals surface area contributed by atoms with Crippen molar-refractivity contribution in [2.24, 2.45) is 0 Å². The summed E-state index contributed by atoms with van der Waals surface area (Å²) in [4.78, 5) is 26.3. The van der Waals surface area contributed by atoms with Gasteiger partial charge >= 0.3 is 0 Å². The zero-order chi connectivity index (χ0) is 24.2. The number of nitrogens with one attached hydrogen (secondary N) is 2. The van der Waals surface area contributed by atoms with Gasteiger partial charge in [0.1, 0.15) is 0 Å². The predicted octanol–water partition coefficient (Wildman–Crippen LogP) is 5.92. The molecule has 176 valence electrons. The lowest BCUT2D eigenvalue weighted by atomic mass is 9.73. The van der Waals surface area contributed by atoms with E-state index in [4.69, 9.17) is 4.74 Å². The Bertz CT molecular complexity index is 1140. The average molecular weight is 457 g/mol. The number of ether oxygens (including phenoxy) is 1. The molecule has 3 aromatic rings. The smallest absolute Gasteiger partial charge is 0.255 e. The van der Waals surface area contributed by atoms with Crippen molar-refractivity contribution in [3.05, 3.63) is 95.6 Å². The molecule has 5 heteroatoms. The maximum Gasteiger partial charge on any atom is 0.255 e. The zero-order valence-electron chi connectivity index (χ0n) is 20.1. The molecule has 0 radical (unpaired) electrons. The molecular weight excluding hydrogens is 424 g/mol. The SMILES string of the molecule is CC(C)(C)c1ccc(C(=O)Nc2cccc(NC(=O)C3(c4ccccc4)CCOCC3)c2)cc1. The van der Waals surface area contributed by atoms with Crippen LogP contribution in [0.3, 0.4) is 0 Å². The van der Waals surface area contributed by atoms with Crippen LogP contribution in [-0.2, 0) is 20.4 Å². The monoisotopic (exact) mass is 456 g/mol. The minimum Gasteiger partial charge on any atom is -0.381 e. The summed E-state index contributed by atoms with van der Waals surface area (Å²) in [6, 6.07) is 24.8. The molecule has 0 aromatic heterocycles. The van der Waals surface area contributed by atoms with Crippen molar-refractivity contribution in [3.63, 3.8) is 0 Å². The third-order valence-electron chi connectivity index (χ3n) is 6.50. The van der Waals surface area contributed by atoms with E-state index in [0.29, 0.717) is 43.0 Å². The minimum absolute atomic E-state index is 0.0309. The van der Waals surface area contributed by atoms with Gasteiger partial charge < -0.3 is 15.4 Å². The van der Waals surface area contributed by atoms with Crippen LogP contribution in [0, 0.1) is 0 Å². The first-order valence-electron chi connectivity index (χ1n) is 11.7. The number of hydrogen-bond acceptors (Lipinski definition) is 3. The predicted molar refractivity (Wildman–Crippen MR) is 136 cm³/mol. The van der Waals surface area contributed by atoms with Crippen LogP contribution in [0.1, 0.15) is 55.1 Å². The topological polar surface area (TPSA) is 67.4 Å². The Morgan fingerprint density at radius 1 is 0.794 bits per heavy atom. The molecule has 0 aliphatic carbocycles. The Kier molecular flexibility index (Phi) is 6.85. The normalized spacial score (nSPS) is 15.4. The van der Waals surface area contributed by atoms with Gasteiger partial charge in [-0.15, -0.1) is 0 Å². The summed E-state index contributed by atoms with van der Waals surface area (Å²) in [6.07, 6.45) is 1.26. The van der Waals surface area contributed by atoms with Crippen molar-refractivity contribution in [2.75, 3.05) is 23.8 Å². The molecule has 4 rings (SSSR count). The third kappa shape index (κ3) is 5.20. The summed E-state index contributed by atoms with van der Waals surface area (Å²) in [6.45, 7) is 7.53. The van der Waals surface area contributed by atoms with Gasteiger partial charge in [0.05, 0.1) is 5.41 Å². The van der Waals surface area contributed by atoms with Gasteiger partial charge in [0.2, 0.25) is 5.91 Å². The van der Waals surface area contributed by atoms with Crippen LogP contribution >= 0.6 is 0 Å². The van der Waals surface area contributed by atoms with Gasteiger partial charge in [-0.25, -0.2) is 0 Å². The molecule has 2 N–H and O–H groups in total. The van der Waals surface area contributed by atoms with Gasteiger partial charge in [-0.05, 0) is 59.7 Å². The highest BCUT2D eigenvalue weighted by molar-refractivity contribution is 6.05. The van der Waals surface area contributed by atoms with E-state index in [9.17, 15) is 9.59 Å². The lowest BCUT2D eigenvalue weighted by Crippen LogP contribution is -2.44. The zero-order valence-corrected chi connectivity index (χ0v) is 20.1. The molecule has 1 heterocycles. The molecule has 1 saturated heterocycles. The van der Waals surface area contributed by atoms with Gasteiger partial charge in [-0.2, -0.15) is 0 Å². The molecule has 0 saturated carbocycles. The van der Waals surface area contributed by atoms with E-state index in [1.807, 2.05) is 72.8 Å². The van der Waals surface area contributed by atoms with Gasteiger partial charge in [-0.3, -0.25) is 9.59 Å². The molecule has 0 bridgehead atoms. The molecule has 1 aliphatic heterocycles. The first-order valence-corrected chi connectivity index (χ1v) is 11.7. The summed E-state index contributed by atoms with van der Waals surface area (Å²) in [5.41, 5.74) is 3.44. The molecule has 0 atom stereocenters. The van der Waals surface area contributed by atoms with Crippen molar-refractivity contribution in [2.45, 2.75) is 44.4 Å². The second kappa shape index (κ2) is 9.82. The molecule has 1 aliphatic rings. The molecular formula is C29H32N2O3. The first kappa shape index (κ1) is 23.7. The van der Waals surface area contributed by atoms with Crippen LogP contribution in [0.5, 0.6) is 0 Å². The van der Waals surface area contributed by atoms with E-state index in [2.05, 4.69) is 31.4 Å². The Morgan fingerprint density at radius 2 is 1.41 bits per heavy atom. The lowest BCUT2D eigenvalue weighted by Gasteiger charge is -2.36. The first-order chi connectivity index (χ1) is 16.3. The number of anilines is 2. The van der Waals surface area contributed by atoms with E-state index in [0.717, 1.165) is 5.56 Å². The van der Waals surface area contributed by atoms with Gasteiger partial charge in [0.25, 0.3) is 5.91 Å². The molecule has 2 amide bonds. The standard InChI is InChI=1S/C29H32N2O3/c1-28(2,3)22-14-12-21(13-15-22)26(32)30-24-10-7-11-25(20-24)31-27(33)29(16-18-34-19-17-29)23-8-5-4-6-9-23/h4-15,20H,16-19H2,1-3H3,(H,30,32)(H,31,33). The number of rotatable bonds is 5. The van der Waals surface area contributed by atoms with Crippen molar-refractivity contribution in [1.29, 1.82) is 0 Å². The van der Waals surface area contributed by atoms with E-state index < -0.39 is 5.41 Å².